The molecular weight excluding hydrogens is 504 g/mol. The van der Waals surface area contributed by atoms with Crippen molar-refractivity contribution in [2.75, 3.05) is 13.7 Å². The summed E-state index contributed by atoms with van der Waals surface area (Å²) in [5, 5.41) is 0. The molecule has 0 radical (unpaired) electrons. The summed E-state index contributed by atoms with van der Waals surface area (Å²) in [4.78, 5) is 29.4. The van der Waals surface area contributed by atoms with Gasteiger partial charge in [0.2, 0.25) is 0 Å². The van der Waals surface area contributed by atoms with E-state index in [1.807, 2.05) is 86.6 Å². The van der Waals surface area contributed by atoms with Crippen molar-refractivity contribution in [3.8, 4) is 0 Å². The van der Waals surface area contributed by atoms with Gasteiger partial charge in [-0.1, -0.05) is 84.9 Å². The molecule has 4 fully saturated rings. The zero-order valence-corrected chi connectivity index (χ0v) is 22.8. The Kier molecular flexibility index (Phi) is 4.89. The van der Waals surface area contributed by atoms with E-state index < -0.39 is 28.5 Å². The van der Waals surface area contributed by atoms with Gasteiger partial charge >= 0.3 is 11.9 Å². The lowest BCUT2D eigenvalue weighted by atomic mass is 9.10. The molecule has 6 heteroatoms. The number of benzene rings is 3. The fourth-order valence-corrected chi connectivity index (χ4v) is 9.85. The van der Waals surface area contributed by atoms with Crippen LogP contribution in [-0.2, 0) is 28.5 Å². The van der Waals surface area contributed by atoms with Gasteiger partial charge in [0.15, 0.2) is 0 Å². The smallest absolute Gasteiger partial charge is 0.315 e. The Morgan fingerprint density at radius 3 is 1.88 bits per heavy atom. The van der Waals surface area contributed by atoms with Crippen LogP contribution >= 0.6 is 0 Å². The summed E-state index contributed by atoms with van der Waals surface area (Å²) < 4.78 is 25.2. The van der Waals surface area contributed by atoms with Gasteiger partial charge in [-0.2, -0.15) is 0 Å². The molecule has 0 spiro atoms. The van der Waals surface area contributed by atoms with Gasteiger partial charge in [-0.3, -0.25) is 9.59 Å². The fourth-order valence-electron chi connectivity index (χ4n) is 9.85. The van der Waals surface area contributed by atoms with Crippen LogP contribution < -0.4 is 0 Å². The summed E-state index contributed by atoms with van der Waals surface area (Å²) in [6, 6.07) is 27.7. The molecule has 5 aliphatic rings. The van der Waals surface area contributed by atoms with E-state index in [2.05, 4.69) is 12.1 Å². The van der Waals surface area contributed by atoms with E-state index in [-0.39, 0.29) is 41.9 Å². The Labute approximate surface area is 233 Å². The van der Waals surface area contributed by atoms with E-state index >= 15 is 0 Å². The second kappa shape index (κ2) is 8.05. The predicted octanol–water partition coefficient (Wildman–Crippen LogP) is 5.51. The number of carbonyl (C=O) groups excluding carboxylic acids is 2. The van der Waals surface area contributed by atoms with Crippen molar-refractivity contribution in [2.24, 2.45) is 22.2 Å². The third kappa shape index (κ3) is 2.39. The Morgan fingerprint density at radius 1 is 0.775 bits per heavy atom. The molecule has 6 nitrogen and oxygen atoms in total. The van der Waals surface area contributed by atoms with Gasteiger partial charge in [0.1, 0.15) is 23.0 Å². The molecule has 0 amide bonds. The first-order chi connectivity index (χ1) is 19.5. The predicted molar refractivity (Wildman–Crippen MR) is 145 cm³/mol. The van der Waals surface area contributed by atoms with Gasteiger partial charge in [0.05, 0.1) is 18.8 Å². The molecule has 3 aromatic carbocycles. The summed E-state index contributed by atoms with van der Waals surface area (Å²) in [7, 11) is 1.66. The summed E-state index contributed by atoms with van der Waals surface area (Å²) in [5.41, 5.74) is 1.23. The fraction of sp³-hybridized carbons (Fsp3) is 0.412. The van der Waals surface area contributed by atoms with Crippen molar-refractivity contribution in [2.45, 2.75) is 50.1 Å². The van der Waals surface area contributed by atoms with Gasteiger partial charge in [-0.15, -0.1) is 0 Å². The molecule has 1 heterocycles. The van der Waals surface area contributed by atoms with E-state index in [4.69, 9.17) is 18.9 Å². The second-order valence-electron chi connectivity index (χ2n) is 12.2. The molecule has 0 aromatic heterocycles. The monoisotopic (exact) mass is 536 g/mol. The number of hydrogen-bond acceptors (Lipinski definition) is 6. The molecule has 3 aromatic rings. The highest BCUT2D eigenvalue weighted by Gasteiger charge is 3.08. The lowest BCUT2D eigenvalue weighted by Crippen LogP contribution is -2.96. The van der Waals surface area contributed by atoms with Crippen LogP contribution in [0.3, 0.4) is 0 Å². The Bertz CT molecular complexity index is 1520. The number of hydrogen-bond donors (Lipinski definition) is 0. The molecule has 10 atom stereocenters. The molecule has 0 N–H and O–H groups in total. The van der Waals surface area contributed by atoms with Crippen molar-refractivity contribution < 1.29 is 28.5 Å². The van der Waals surface area contributed by atoms with Crippen molar-refractivity contribution in [3.63, 3.8) is 0 Å². The van der Waals surface area contributed by atoms with E-state index in [0.29, 0.717) is 6.61 Å². The number of carbonyl (C=O) groups is 2. The van der Waals surface area contributed by atoms with Gasteiger partial charge in [-0.05, 0) is 36.1 Å². The Hall–Kier alpha value is -3.48. The maximum absolute atomic E-state index is 14.8. The van der Waals surface area contributed by atoms with Crippen molar-refractivity contribution in [1.82, 2.24) is 0 Å². The molecule has 3 saturated carbocycles. The van der Waals surface area contributed by atoms with Crippen LogP contribution in [0, 0.1) is 22.2 Å². The first-order valence-corrected chi connectivity index (χ1v) is 14.2. The highest BCUT2D eigenvalue weighted by molar-refractivity contribution is 6.00. The zero-order valence-electron chi connectivity index (χ0n) is 22.8. The van der Waals surface area contributed by atoms with Crippen LogP contribution in [0.4, 0.5) is 0 Å². The largest absolute Gasteiger partial charge is 0.457 e. The molecule has 1 aliphatic heterocycles. The Balaban J connectivity index is 1.27. The minimum absolute atomic E-state index is 0.152. The number of ether oxygens (including phenoxy) is 4. The maximum atomic E-state index is 14.8. The van der Waals surface area contributed by atoms with Crippen LogP contribution in [0.25, 0.3) is 0 Å². The molecule has 204 valence electrons. The number of methoxy groups -OCH3 is 1. The van der Waals surface area contributed by atoms with Gasteiger partial charge < -0.3 is 18.9 Å². The van der Waals surface area contributed by atoms with E-state index in [1.165, 1.54) is 0 Å². The number of fused-ring (bicyclic) bond motifs is 5. The lowest BCUT2D eigenvalue weighted by molar-refractivity contribution is -0.386. The third-order valence-electron chi connectivity index (χ3n) is 11.0. The van der Waals surface area contributed by atoms with Crippen LogP contribution in [0.1, 0.15) is 60.1 Å². The van der Waals surface area contributed by atoms with Crippen LogP contribution in [-0.4, -0.2) is 37.9 Å². The summed E-state index contributed by atoms with van der Waals surface area (Å²) in [6.45, 7) is 4.12. The van der Waals surface area contributed by atoms with Crippen molar-refractivity contribution >= 4 is 11.9 Å². The lowest BCUT2D eigenvalue weighted by Gasteiger charge is -2.87. The summed E-state index contributed by atoms with van der Waals surface area (Å²) in [6.07, 6.45) is -1.28. The van der Waals surface area contributed by atoms with E-state index in [1.54, 1.807) is 7.11 Å². The molecule has 8 rings (SSSR count). The normalized spacial score (nSPS) is 38.0. The van der Waals surface area contributed by atoms with E-state index in [9.17, 15) is 9.59 Å². The maximum Gasteiger partial charge on any atom is 0.315 e. The number of esters is 2. The minimum Gasteiger partial charge on any atom is -0.457 e. The van der Waals surface area contributed by atoms with Crippen LogP contribution in [0.2, 0.25) is 0 Å². The van der Waals surface area contributed by atoms with Crippen molar-refractivity contribution in [1.29, 1.82) is 0 Å². The molecular formula is C34H32O6. The minimum atomic E-state index is -1.12. The average Bonchev–Trinajstić information content (AvgIpc) is 3.15. The summed E-state index contributed by atoms with van der Waals surface area (Å²) >= 11 is 0. The average molecular weight is 537 g/mol. The van der Waals surface area contributed by atoms with E-state index in [0.717, 1.165) is 22.3 Å². The Morgan fingerprint density at radius 2 is 1.30 bits per heavy atom. The van der Waals surface area contributed by atoms with Crippen molar-refractivity contribution in [3.05, 3.63) is 107 Å². The number of rotatable bonds is 8. The standard InChI is InChI=1S/C34H32O6/c1-19(21-12-6-4-7-13-21)38-30(35)33-25-23-16-10-11-17-24(23)26-29-32(18-37-3,28(33)27(25)40-29)34(26,33)31(36)39-20(2)22-14-8-5-9-15-22/h4-17,19-20,25-29H,18H2,1-3H3/t19-,20-,25-,26+,27+,28-,29-,32-,33-,34-/m0/s1. The first kappa shape index (κ1) is 24.3. The molecule has 0 bridgehead atoms. The van der Waals surface area contributed by atoms with Gasteiger partial charge in [-0.25, -0.2) is 0 Å². The quantitative estimate of drug-likeness (QED) is 0.354. The topological polar surface area (TPSA) is 71.1 Å². The highest BCUT2D eigenvalue weighted by Crippen LogP contribution is 3.00. The molecule has 4 aliphatic carbocycles. The van der Waals surface area contributed by atoms with Gasteiger partial charge in [0.25, 0.3) is 0 Å². The molecule has 1 saturated heterocycles. The van der Waals surface area contributed by atoms with Gasteiger partial charge in [0, 0.05) is 30.3 Å². The summed E-state index contributed by atoms with van der Waals surface area (Å²) in [5.74, 6) is -1.39. The highest BCUT2D eigenvalue weighted by atomic mass is 16.6. The van der Waals surface area contributed by atoms with Crippen LogP contribution in [0.5, 0.6) is 0 Å². The second-order valence-corrected chi connectivity index (χ2v) is 12.2. The molecule has 40 heavy (non-hydrogen) atoms. The third-order valence-corrected chi connectivity index (χ3v) is 11.0. The van der Waals surface area contributed by atoms with Crippen LogP contribution in [0.15, 0.2) is 84.9 Å². The zero-order chi connectivity index (χ0) is 27.4. The first-order valence-electron chi connectivity index (χ1n) is 14.2. The SMILES string of the molecule is COC[C@]12[C@H]3O[C@@H]4[C@@H]5c6ccccc6[C@H]3[C@@]1(C(=O)O[C@@H](C)c1ccccc1)[C@]5(C(=O)O[C@@H](C)c1ccccc1)[C@@H]42. The molecule has 0 unspecified atom stereocenters.